The molecular weight excluding hydrogens is 330 g/mol. The fraction of sp³-hybridized carbons (Fsp3) is 0.364. The number of halogens is 1. The minimum Gasteiger partial charge on any atom is -0.464 e. The Bertz CT molecular complexity index is 548. The monoisotopic (exact) mass is 343 g/mol. The average Bonchev–Trinajstić information content (AvgIpc) is 2.75. The number of rotatable bonds is 6. The van der Waals surface area contributed by atoms with Crippen LogP contribution in [-0.2, 0) is 6.42 Å². The minimum atomic E-state index is 0.153. The molecule has 19 heavy (non-hydrogen) atoms. The fourth-order valence-corrected chi connectivity index (χ4v) is 2.91. The summed E-state index contributed by atoms with van der Waals surface area (Å²) in [6, 6.07) is 4.37. The molecule has 0 aliphatic heterocycles. The average molecular weight is 344 g/mol. The maximum absolute atomic E-state index is 5.59. The normalized spacial score (nSPS) is 10.4. The van der Waals surface area contributed by atoms with Crippen molar-refractivity contribution in [1.29, 1.82) is 0 Å². The number of nitrogens with two attached hydrogens (primary N) is 1. The lowest BCUT2D eigenvalue weighted by atomic mass is 10.3. The van der Waals surface area contributed by atoms with Gasteiger partial charge < -0.3 is 15.8 Å². The van der Waals surface area contributed by atoms with E-state index in [0.29, 0.717) is 12.6 Å². The van der Waals surface area contributed by atoms with Gasteiger partial charge in [0.25, 0.3) is 0 Å². The number of hydrogen-bond acceptors (Lipinski definition) is 7. The lowest BCUT2D eigenvalue weighted by molar-refractivity contribution is 0.312. The number of nitrogen functional groups attached to an aromatic ring is 1. The van der Waals surface area contributed by atoms with Crippen molar-refractivity contribution < 1.29 is 4.74 Å². The maximum Gasteiger partial charge on any atom is 0.323 e. The number of thiophene rings is 1. The van der Waals surface area contributed by atoms with Crippen LogP contribution in [0.4, 0.5) is 11.9 Å². The van der Waals surface area contributed by atoms with Gasteiger partial charge in [0.15, 0.2) is 0 Å². The lowest BCUT2D eigenvalue weighted by Gasteiger charge is -2.06. The third-order valence-corrected chi connectivity index (χ3v) is 3.87. The van der Waals surface area contributed by atoms with Gasteiger partial charge in [-0.2, -0.15) is 15.0 Å². The zero-order valence-corrected chi connectivity index (χ0v) is 12.8. The molecule has 2 aromatic rings. The van der Waals surface area contributed by atoms with Gasteiger partial charge in [-0.15, -0.1) is 11.3 Å². The van der Waals surface area contributed by atoms with Crippen LogP contribution in [0.5, 0.6) is 6.01 Å². The molecule has 8 heteroatoms. The fourth-order valence-electron chi connectivity index (χ4n) is 1.43. The third-order valence-electron chi connectivity index (χ3n) is 2.19. The zero-order chi connectivity index (χ0) is 13.7. The van der Waals surface area contributed by atoms with E-state index in [9.17, 15) is 0 Å². The molecule has 6 nitrogen and oxygen atoms in total. The summed E-state index contributed by atoms with van der Waals surface area (Å²) in [5.41, 5.74) is 5.59. The second-order valence-corrected chi connectivity index (χ2v) is 6.16. The number of nitrogens with zero attached hydrogens (tertiary/aromatic N) is 3. The van der Waals surface area contributed by atoms with Crippen LogP contribution < -0.4 is 15.8 Å². The van der Waals surface area contributed by atoms with Crippen LogP contribution >= 0.6 is 27.3 Å². The predicted molar refractivity (Wildman–Crippen MR) is 79.6 cm³/mol. The molecule has 0 radical (unpaired) electrons. The van der Waals surface area contributed by atoms with E-state index in [4.69, 9.17) is 10.5 Å². The Kier molecular flexibility index (Phi) is 4.92. The Morgan fingerprint density at radius 3 is 2.89 bits per heavy atom. The second-order valence-electron chi connectivity index (χ2n) is 3.62. The van der Waals surface area contributed by atoms with E-state index in [1.807, 2.05) is 13.0 Å². The lowest BCUT2D eigenvalue weighted by Crippen LogP contribution is -2.11. The van der Waals surface area contributed by atoms with Crippen molar-refractivity contribution in [3.8, 4) is 6.01 Å². The van der Waals surface area contributed by atoms with E-state index in [-0.39, 0.29) is 12.0 Å². The highest BCUT2D eigenvalue weighted by Crippen LogP contribution is 2.22. The molecule has 2 rings (SSSR count). The van der Waals surface area contributed by atoms with Crippen LogP contribution in [0.15, 0.2) is 15.9 Å². The molecule has 0 spiro atoms. The number of nitrogens with one attached hydrogen (secondary N) is 1. The highest BCUT2D eigenvalue weighted by atomic mass is 79.9. The first-order valence-electron chi connectivity index (χ1n) is 5.80. The summed E-state index contributed by atoms with van der Waals surface area (Å²) in [5.74, 6) is 0.589. The molecule has 0 aromatic carbocycles. The van der Waals surface area contributed by atoms with Crippen LogP contribution in [0.25, 0.3) is 0 Å². The van der Waals surface area contributed by atoms with Crippen LogP contribution in [0.1, 0.15) is 11.8 Å². The molecule has 0 bridgehead atoms. The van der Waals surface area contributed by atoms with Crippen LogP contribution in [-0.4, -0.2) is 28.1 Å². The first-order chi connectivity index (χ1) is 9.17. The summed E-state index contributed by atoms with van der Waals surface area (Å²) in [6.45, 7) is 3.08. The molecule has 0 amide bonds. The van der Waals surface area contributed by atoms with Gasteiger partial charge in [0.2, 0.25) is 11.9 Å². The number of ether oxygens (including phenoxy) is 1. The van der Waals surface area contributed by atoms with Gasteiger partial charge in [0.1, 0.15) is 0 Å². The molecule has 0 unspecified atom stereocenters. The van der Waals surface area contributed by atoms with Crippen molar-refractivity contribution in [2.24, 2.45) is 0 Å². The number of hydrogen-bond donors (Lipinski definition) is 2. The van der Waals surface area contributed by atoms with Crippen molar-refractivity contribution in [2.75, 3.05) is 24.2 Å². The van der Waals surface area contributed by atoms with E-state index in [1.165, 1.54) is 4.88 Å². The Balaban J connectivity index is 1.91. The molecule has 3 N–H and O–H groups in total. The SMILES string of the molecule is CCOc1nc(N)nc(NCCc2ccc(Br)s2)n1. The molecule has 0 atom stereocenters. The number of anilines is 2. The van der Waals surface area contributed by atoms with Crippen molar-refractivity contribution in [2.45, 2.75) is 13.3 Å². The highest BCUT2D eigenvalue weighted by Gasteiger charge is 2.05. The van der Waals surface area contributed by atoms with Crippen LogP contribution in [0, 0.1) is 0 Å². The Morgan fingerprint density at radius 1 is 1.37 bits per heavy atom. The molecular formula is C11H14BrN5OS. The Labute approximate surface area is 123 Å². The van der Waals surface area contributed by atoms with Gasteiger partial charge in [0, 0.05) is 11.4 Å². The van der Waals surface area contributed by atoms with Gasteiger partial charge in [-0.1, -0.05) is 0 Å². The van der Waals surface area contributed by atoms with Crippen molar-refractivity contribution in [1.82, 2.24) is 15.0 Å². The Morgan fingerprint density at radius 2 is 2.21 bits per heavy atom. The summed E-state index contributed by atoms with van der Waals surface area (Å²) in [4.78, 5) is 13.3. The highest BCUT2D eigenvalue weighted by molar-refractivity contribution is 9.11. The molecule has 0 saturated carbocycles. The largest absolute Gasteiger partial charge is 0.464 e. The van der Waals surface area contributed by atoms with Gasteiger partial charge >= 0.3 is 6.01 Å². The molecule has 2 aromatic heterocycles. The van der Waals surface area contributed by atoms with Crippen molar-refractivity contribution in [3.63, 3.8) is 0 Å². The predicted octanol–water partition coefficient (Wildman–Crippen LogP) is 2.33. The summed E-state index contributed by atoms with van der Waals surface area (Å²) in [7, 11) is 0. The van der Waals surface area contributed by atoms with Gasteiger partial charge in [0.05, 0.1) is 10.4 Å². The minimum absolute atomic E-state index is 0.153. The van der Waals surface area contributed by atoms with Crippen LogP contribution in [0.2, 0.25) is 0 Å². The molecule has 0 aliphatic rings. The molecule has 0 saturated heterocycles. The zero-order valence-electron chi connectivity index (χ0n) is 10.4. The molecule has 0 aliphatic carbocycles. The smallest absolute Gasteiger partial charge is 0.323 e. The van der Waals surface area contributed by atoms with E-state index >= 15 is 0 Å². The van der Waals surface area contributed by atoms with Crippen molar-refractivity contribution in [3.05, 3.63) is 20.8 Å². The topological polar surface area (TPSA) is 86.0 Å². The first-order valence-corrected chi connectivity index (χ1v) is 7.40. The van der Waals surface area contributed by atoms with E-state index in [0.717, 1.165) is 16.8 Å². The van der Waals surface area contributed by atoms with Gasteiger partial charge in [-0.05, 0) is 41.4 Å². The summed E-state index contributed by atoms with van der Waals surface area (Å²) in [6.07, 6.45) is 0.895. The van der Waals surface area contributed by atoms with E-state index in [1.54, 1.807) is 11.3 Å². The van der Waals surface area contributed by atoms with E-state index < -0.39 is 0 Å². The quantitative estimate of drug-likeness (QED) is 0.837. The van der Waals surface area contributed by atoms with Crippen LogP contribution in [0.3, 0.4) is 0 Å². The number of aromatic nitrogens is 3. The van der Waals surface area contributed by atoms with Gasteiger partial charge in [-0.3, -0.25) is 0 Å². The second kappa shape index (κ2) is 6.67. The third kappa shape index (κ3) is 4.32. The van der Waals surface area contributed by atoms with Gasteiger partial charge in [-0.25, -0.2) is 0 Å². The molecule has 0 fully saturated rings. The van der Waals surface area contributed by atoms with Crippen molar-refractivity contribution >= 4 is 39.2 Å². The first kappa shape index (κ1) is 14.0. The maximum atomic E-state index is 5.59. The summed E-state index contributed by atoms with van der Waals surface area (Å²) >= 11 is 5.15. The van der Waals surface area contributed by atoms with E-state index in [2.05, 4.69) is 42.3 Å². The Hall–Kier alpha value is -1.41. The summed E-state index contributed by atoms with van der Waals surface area (Å²) in [5, 5.41) is 3.11. The molecule has 102 valence electrons. The standard InChI is InChI=1S/C11H14BrN5OS/c1-2-18-11-16-9(13)15-10(17-11)14-6-5-7-3-4-8(12)19-7/h3-4H,2,5-6H2,1H3,(H3,13,14,15,16,17). The summed E-state index contributed by atoms with van der Waals surface area (Å²) < 4.78 is 6.34. The molecule has 2 heterocycles.